The molecular weight excluding hydrogens is 490 g/mol. The van der Waals surface area contributed by atoms with E-state index in [0.717, 1.165) is 33.2 Å². The second-order valence-electron chi connectivity index (χ2n) is 7.37. The smallest absolute Gasteiger partial charge is 0.186 e. The molecule has 2 aromatic carbocycles. The van der Waals surface area contributed by atoms with E-state index in [4.69, 9.17) is 5.41 Å². The summed E-state index contributed by atoms with van der Waals surface area (Å²) in [5, 5.41) is 12.4. The lowest BCUT2D eigenvalue weighted by Gasteiger charge is -2.09. The van der Waals surface area contributed by atoms with Gasteiger partial charge in [-0.15, -0.1) is 11.3 Å². The number of nitrogens with one attached hydrogen (secondary N) is 1. The summed E-state index contributed by atoms with van der Waals surface area (Å²) in [6, 6.07) is 16.6. The van der Waals surface area contributed by atoms with Gasteiger partial charge in [-0.1, -0.05) is 58.0 Å². The zero-order valence-electron chi connectivity index (χ0n) is 16.6. The Balaban J connectivity index is 1.58. The molecule has 31 heavy (non-hydrogen) atoms. The van der Waals surface area contributed by atoms with Crippen molar-refractivity contribution in [3.8, 4) is 0 Å². The summed E-state index contributed by atoms with van der Waals surface area (Å²) in [5.74, 6) is -0.596. The highest BCUT2D eigenvalue weighted by atomic mass is 79.9. The first-order chi connectivity index (χ1) is 15.0. The second kappa shape index (κ2) is 8.22. The summed E-state index contributed by atoms with van der Waals surface area (Å²) in [6.45, 7) is 2.85. The number of hydrogen-bond acceptors (Lipinski definition) is 5. The maximum atomic E-state index is 13.1. The van der Waals surface area contributed by atoms with Gasteiger partial charge in [0, 0.05) is 44.8 Å². The molecule has 0 amide bonds. The number of nitrogens with zero attached hydrogens (tertiary/aromatic N) is 2. The summed E-state index contributed by atoms with van der Waals surface area (Å²) < 4.78 is 3.35. The number of rotatable bonds is 4. The normalized spacial score (nSPS) is 17.9. The largest absolute Gasteiger partial charge is 0.340 e. The van der Waals surface area contributed by atoms with Gasteiger partial charge < -0.3 is 4.57 Å². The van der Waals surface area contributed by atoms with Crippen LogP contribution in [0.25, 0.3) is 17.0 Å². The monoisotopic (exact) mass is 507 g/mol. The number of allylic oxidation sites excluding steroid dienone is 1. The van der Waals surface area contributed by atoms with Gasteiger partial charge in [0.2, 0.25) is 0 Å². The van der Waals surface area contributed by atoms with Gasteiger partial charge >= 0.3 is 0 Å². The molecule has 1 fully saturated rings. The zero-order chi connectivity index (χ0) is 21.5. The third-order valence-corrected chi connectivity index (χ3v) is 7.86. The fourth-order valence-corrected chi connectivity index (χ4v) is 5.99. The van der Waals surface area contributed by atoms with E-state index in [1.54, 1.807) is 6.20 Å². The Morgan fingerprint density at radius 3 is 2.71 bits per heavy atom. The number of fused-ring (bicyclic) bond motifs is 1. The molecule has 1 aliphatic heterocycles. The molecule has 1 aliphatic rings. The van der Waals surface area contributed by atoms with Gasteiger partial charge in [0.05, 0.1) is 9.95 Å². The molecule has 4 aromatic rings. The van der Waals surface area contributed by atoms with E-state index in [1.807, 2.05) is 23.6 Å². The maximum absolute atomic E-state index is 13.1. The van der Waals surface area contributed by atoms with Crippen molar-refractivity contribution in [3.63, 3.8) is 0 Å². The number of para-hydroxylation sites is 1. The van der Waals surface area contributed by atoms with Gasteiger partial charge in [-0.3, -0.25) is 10.2 Å². The van der Waals surface area contributed by atoms with Gasteiger partial charge in [-0.25, -0.2) is 4.98 Å². The van der Waals surface area contributed by atoms with Crippen molar-refractivity contribution in [2.24, 2.45) is 0 Å². The van der Waals surface area contributed by atoms with Gasteiger partial charge in [-0.05, 0) is 36.8 Å². The number of benzene rings is 2. The Bertz CT molecular complexity index is 1340. The minimum Gasteiger partial charge on any atom is -0.340 e. The van der Waals surface area contributed by atoms with Crippen LogP contribution in [-0.4, -0.2) is 20.4 Å². The molecule has 2 aromatic heterocycles. The lowest BCUT2D eigenvalue weighted by Crippen LogP contribution is -2.11. The summed E-state index contributed by atoms with van der Waals surface area (Å²) >= 11 is 6.18. The van der Waals surface area contributed by atoms with Gasteiger partial charge in [0.1, 0.15) is 10.9 Å². The van der Waals surface area contributed by atoms with Crippen LogP contribution in [0, 0.1) is 12.3 Å². The summed E-state index contributed by atoms with van der Waals surface area (Å²) in [5.41, 5.74) is 4.49. The maximum Gasteiger partial charge on any atom is 0.186 e. The topological polar surface area (TPSA) is 58.7 Å². The predicted molar refractivity (Wildman–Crippen MR) is 133 cm³/mol. The molecule has 154 valence electrons. The van der Waals surface area contributed by atoms with Crippen molar-refractivity contribution in [2.45, 2.75) is 19.4 Å². The van der Waals surface area contributed by atoms with Crippen molar-refractivity contribution in [2.75, 3.05) is 0 Å². The van der Waals surface area contributed by atoms with E-state index in [0.29, 0.717) is 15.0 Å². The fourth-order valence-electron chi connectivity index (χ4n) is 3.94. The average Bonchev–Trinajstić information content (AvgIpc) is 3.44. The highest BCUT2D eigenvalue weighted by Crippen LogP contribution is 2.42. The van der Waals surface area contributed by atoms with E-state index in [2.05, 4.69) is 68.8 Å². The molecular formula is C24H18BrN3OS2. The number of hydrogen-bond donors (Lipinski definition) is 1. The first-order valence-electron chi connectivity index (χ1n) is 9.77. The molecule has 0 unspecified atom stereocenters. The highest BCUT2D eigenvalue weighted by molar-refractivity contribution is 9.10. The van der Waals surface area contributed by atoms with Crippen LogP contribution in [0.4, 0.5) is 0 Å². The Hall–Kier alpha value is -2.48. The standard InChI is InChI=1S/C24H18BrN3OS2/c1-14-18(12-20-22(29)21(23(26)31-20)24-27-10-11-30-24)17-4-2-3-5-19(17)28(14)13-15-6-8-16(25)9-7-15/h2-12,21,26H,13H2,1H3/b20-12-,26-23?/t21-/m1/s1. The number of aromatic nitrogens is 2. The van der Waals surface area contributed by atoms with Crippen LogP contribution in [0.3, 0.4) is 0 Å². The van der Waals surface area contributed by atoms with Crippen LogP contribution in [0.1, 0.15) is 27.7 Å². The second-order valence-corrected chi connectivity index (χ2v) is 10.3. The number of carbonyl (C=O) groups excluding carboxylic acids is 1. The molecule has 0 saturated carbocycles. The number of carbonyl (C=O) groups is 1. The van der Waals surface area contributed by atoms with E-state index < -0.39 is 5.92 Å². The number of halogens is 1. The summed E-state index contributed by atoms with van der Waals surface area (Å²) in [4.78, 5) is 18.0. The Kier molecular flexibility index (Phi) is 5.42. The van der Waals surface area contributed by atoms with Gasteiger partial charge in [-0.2, -0.15) is 0 Å². The Morgan fingerprint density at radius 1 is 1.19 bits per heavy atom. The van der Waals surface area contributed by atoms with Crippen molar-refractivity contribution in [3.05, 3.63) is 91.3 Å². The molecule has 7 heteroatoms. The van der Waals surface area contributed by atoms with Crippen LogP contribution in [0.15, 0.2) is 69.5 Å². The zero-order valence-corrected chi connectivity index (χ0v) is 19.9. The third-order valence-electron chi connectivity index (χ3n) is 5.49. The molecule has 0 spiro atoms. The molecule has 3 heterocycles. The lowest BCUT2D eigenvalue weighted by molar-refractivity contribution is -0.114. The molecule has 0 radical (unpaired) electrons. The van der Waals surface area contributed by atoms with E-state index in [-0.39, 0.29) is 5.78 Å². The number of ketones is 1. The van der Waals surface area contributed by atoms with E-state index in [9.17, 15) is 4.79 Å². The highest BCUT2D eigenvalue weighted by Gasteiger charge is 2.38. The molecule has 1 atom stereocenters. The quantitative estimate of drug-likeness (QED) is 0.315. The van der Waals surface area contributed by atoms with Crippen molar-refractivity contribution < 1.29 is 4.79 Å². The molecule has 0 aliphatic carbocycles. The van der Waals surface area contributed by atoms with Gasteiger partial charge in [0.25, 0.3) is 0 Å². The van der Waals surface area contributed by atoms with E-state index >= 15 is 0 Å². The third kappa shape index (κ3) is 3.71. The molecule has 5 rings (SSSR count). The van der Waals surface area contributed by atoms with Crippen LogP contribution in [0.2, 0.25) is 0 Å². The summed E-state index contributed by atoms with van der Waals surface area (Å²) in [7, 11) is 0. The van der Waals surface area contributed by atoms with Crippen LogP contribution in [-0.2, 0) is 11.3 Å². The summed E-state index contributed by atoms with van der Waals surface area (Å²) in [6.07, 6.45) is 3.65. The Labute approximate surface area is 196 Å². The van der Waals surface area contributed by atoms with Crippen LogP contribution >= 0.6 is 39.0 Å². The number of thioether (sulfide) groups is 1. The first kappa shape index (κ1) is 20.4. The lowest BCUT2D eigenvalue weighted by atomic mass is 10.0. The van der Waals surface area contributed by atoms with Gasteiger partial charge in [0.15, 0.2) is 5.78 Å². The van der Waals surface area contributed by atoms with E-state index in [1.165, 1.54) is 28.7 Å². The minimum absolute atomic E-state index is 0.0332. The molecule has 4 nitrogen and oxygen atoms in total. The Morgan fingerprint density at radius 2 is 1.97 bits per heavy atom. The van der Waals surface area contributed by atoms with Crippen LogP contribution < -0.4 is 0 Å². The number of thiazole rings is 1. The average molecular weight is 508 g/mol. The predicted octanol–water partition coefficient (Wildman–Crippen LogP) is 6.63. The first-order valence-corrected chi connectivity index (χ1v) is 12.3. The van der Waals surface area contributed by atoms with Crippen molar-refractivity contribution >= 4 is 66.8 Å². The fraction of sp³-hybridized carbons (Fsp3) is 0.125. The van der Waals surface area contributed by atoms with Crippen molar-refractivity contribution in [1.29, 1.82) is 5.41 Å². The number of Topliss-reactive ketones (excluding diaryl/α,β-unsaturated/α-hetero) is 1. The molecule has 1 saturated heterocycles. The van der Waals surface area contributed by atoms with Crippen molar-refractivity contribution in [1.82, 2.24) is 9.55 Å². The SMILES string of the molecule is Cc1c(/C=C2\SC(=N)[C@H](c3nccs3)C2=O)c2ccccc2n1Cc1ccc(Br)cc1. The molecule has 1 N–H and O–H groups in total. The molecule has 0 bridgehead atoms. The van der Waals surface area contributed by atoms with Crippen LogP contribution in [0.5, 0.6) is 0 Å². The minimum atomic E-state index is -0.562.